The van der Waals surface area contributed by atoms with Crippen LogP contribution in [0.5, 0.6) is 0 Å². The van der Waals surface area contributed by atoms with Crippen molar-refractivity contribution in [1.82, 2.24) is 15.1 Å². The quantitative estimate of drug-likeness (QED) is 0.529. The molecule has 1 saturated heterocycles. The van der Waals surface area contributed by atoms with E-state index in [0.29, 0.717) is 23.4 Å². The third kappa shape index (κ3) is 4.79. The molecule has 1 aromatic heterocycles. The van der Waals surface area contributed by atoms with E-state index in [1.807, 2.05) is 18.2 Å². The van der Waals surface area contributed by atoms with Gasteiger partial charge in [0.15, 0.2) is 0 Å². The van der Waals surface area contributed by atoms with Gasteiger partial charge in [0.25, 0.3) is 0 Å². The predicted octanol–water partition coefficient (Wildman–Crippen LogP) is 5.44. The number of halogens is 3. The van der Waals surface area contributed by atoms with E-state index in [4.69, 9.17) is 27.9 Å². The van der Waals surface area contributed by atoms with Crippen LogP contribution in [0.1, 0.15) is 24.0 Å². The maximum Gasteiger partial charge on any atom is 0.132 e. The highest BCUT2D eigenvalue weighted by atomic mass is 35.5. The summed E-state index contributed by atoms with van der Waals surface area (Å²) in [5.74, 6) is -0.218. The van der Waals surface area contributed by atoms with Gasteiger partial charge < -0.3 is 9.64 Å². The zero-order chi connectivity index (χ0) is 21.7. The Bertz CT molecular complexity index is 1010. The maximum atomic E-state index is 13.4. The molecule has 2 aromatic carbocycles. The number of aromatic amines is 1. The van der Waals surface area contributed by atoms with E-state index in [1.54, 1.807) is 6.07 Å². The average Bonchev–Trinajstić information content (AvgIpc) is 3.12. The summed E-state index contributed by atoms with van der Waals surface area (Å²) in [6.07, 6.45) is 9.93. The number of H-pyrrole nitrogens is 1. The fraction of sp³-hybridized carbons (Fsp3) is 0.348. The fourth-order valence-corrected chi connectivity index (χ4v) is 4.38. The van der Waals surface area contributed by atoms with Gasteiger partial charge in [-0.25, -0.2) is 4.39 Å². The third-order valence-electron chi connectivity index (χ3n) is 5.69. The molecule has 0 saturated carbocycles. The number of nitrogens with one attached hydrogen (secondary N) is 1. The van der Waals surface area contributed by atoms with Gasteiger partial charge in [0.1, 0.15) is 11.0 Å². The first-order valence-corrected chi connectivity index (χ1v) is 10.4. The molecule has 3 aromatic rings. The first kappa shape index (κ1) is 22.6. The van der Waals surface area contributed by atoms with Crippen LogP contribution in [0.15, 0.2) is 36.4 Å². The minimum absolute atomic E-state index is 0.124. The molecular weight excluding hydrogens is 424 g/mol. The Morgan fingerprint density at radius 2 is 1.83 bits per heavy atom. The lowest BCUT2D eigenvalue weighted by molar-refractivity contribution is 0.0411. The van der Waals surface area contributed by atoms with Crippen molar-refractivity contribution in [2.45, 2.75) is 24.9 Å². The van der Waals surface area contributed by atoms with Crippen LogP contribution in [0.2, 0.25) is 10.2 Å². The summed E-state index contributed by atoms with van der Waals surface area (Å²) >= 11 is 12.4. The van der Waals surface area contributed by atoms with Gasteiger partial charge in [-0.1, -0.05) is 35.3 Å². The molecule has 1 N–H and O–H groups in total. The van der Waals surface area contributed by atoms with E-state index in [9.17, 15) is 4.39 Å². The van der Waals surface area contributed by atoms with Crippen LogP contribution in [0.25, 0.3) is 10.9 Å². The molecule has 1 aliphatic rings. The van der Waals surface area contributed by atoms with E-state index in [0.717, 1.165) is 48.0 Å². The van der Waals surface area contributed by atoms with Crippen LogP contribution in [-0.4, -0.2) is 41.8 Å². The molecule has 0 radical (unpaired) electrons. The predicted molar refractivity (Wildman–Crippen MR) is 120 cm³/mol. The first-order valence-electron chi connectivity index (χ1n) is 9.64. The summed E-state index contributed by atoms with van der Waals surface area (Å²) in [6, 6.07) is 10.5. The molecule has 30 heavy (non-hydrogen) atoms. The fourth-order valence-electron chi connectivity index (χ4n) is 3.95. The normalized spacial score (nSPS) is 16.2. The molecular formula is C23H24Cl2FN3O. The molecule has 0 aliphatic carbocycles. The molecule has 4 rings (SSSR count). The molecule has 0 bridgehead atoms. The largest absolute Gasteiger partial charge is 0.376 e. The smallest absolute Gasteiger partial charge is 0.132 e. The van der Waals surface area contributed by atoms with Gasteiger partial charge in [-0.05, 0) is 62.8 Å². The molecule has 1 aliphatic heterocycles. The Balaban J connectivity index is 0.00000124. The van der Waals surface area contributed by atoms with Crippen LogP contribution in [-0.2, 0) is 16.8 Å². The summed E-state index contributed by atoms with van der Waals surface area (Å²) in [4.78, 5) is 2.31. The summed E-state index contributed by atoms with van der Waals surface area (Å²) in [6.45, 7) is 2.91. The molecule has 4 nitrogen and oxygen atoms in total. The number of ether oxygens (including phenoxy) is 1. The number of fused-ring (bicyclic) bond motifs is 1. The van der Waals surface area contributed by atoms with Gasteiger partial charge in [0.2, 0.25) is 0 Å². The van der Waals surface area contributed by atoms with E-state index >= 15 is 0 Å². The van der Waals surface area contributed by atoms with Gasteiger partial charge in [-0.2, -0.15) is 5.10 Å². The Labute approximate surface area is 186 Å². The van der Waals surface area contributed by atoms with E-state index < -0.39 is 0 Å². The first-order chi connectivity index (χ1) is 14.5. The molecule has 158 valence electrons. The van der Waals surface area contributed by atoms with E-state index in [1.165, 1.54) is 12.1 Å². The van der Waals surface area contributed by atoms with E-state index in [2.05, 4.69) is 35.0 Å². The number of rotatable bonds is 5. The summed E-state index contributed by atoms with van der Waals surface area (Å²) in [5.41, 5.74) is 2.67. The summed E-state index contributed by atoms with van der Waals surface area (Å²) < 4.78 is 19.6. The van der Waals surface area contributed by atoms with Crippen LogP contribution >= 0.6 is 23.2 Å². The minimum Gasteiger partial charge on any atom is -0.376 e. The Kier molecular flexibility index (Phi) is 7.38. The molecule has 0 spiro atoms. The van der Waals surface area contributed by atoms with Crippen molar-refractivity contribution < 1.29 is 9.13 Å². The van der Waals surface area contributed by atoms with Crippen LogP contribution in [0, 0.1) is 18.7 Å². The standard InChI is InChI=1S/C21H22Cl2FN3O.C2H2/c1-27-8-6-21(7-9-27,15-2-4-17(24)5-3-15)13-28-12-14-10-16(22)11-18-19(14)25-26-20(18)23;1-2/h2-5,10-11H,6-9,12-13H2,1H3,(H,25,26);1-2H. The lowest BCUT2D eigenvalue weighted by atomic mass is 9.73. The molecule has 7 heteroatoms. The van der Waals surface area contributed by atoms with Crippen molar-refractivity contribution in [1.29, 1.82) is 0 Å². The summed E-state index contributed by atoms with van der Waals surface area (Å²) in [7, 11) is 2.12. The number of hydrogen-bond donors (Lipinski definition) is 1. The van der Waals surface area contributed by atoms with E-state index in [-0.39, 0.29) is 11.2 Å². The van der Waals surface area contributed by atoms with Gasteiger partial charge in [-0.15, -0.1) is 12.8 Å². The minimum atomic E-state index is -0.218. The zero-order valence-corrected chi connectivity index (χ0v) is 18.3. The van der Waals surface area contributed by atoms with Crippen molar-refractivity contribution in [2.75, 3.05) is 26.7 Å². The average molecular weight is 448 g/mol. The van der Waals surface area contributed by atoms with Crippen molar-refractivity contribution in [3.05, 3.63) is 63.5 Å². The number of piperidine rings is 1. The van der Waals surface area contributed by atoms with Crippen molar-refractivity contribution in [3.63, 3.8) is 0 Å². The number of likely N-dealkylation sites (tertiary alicyclic amines) is 1. The van der Waals surface area contributed by atoms with Gasteiger partial charge in [0, 0.05) is 21.4 Å². The molecule has 0 amide bonds. The van der Waals surface area contributed by atoms with Crippen molar-refractivity contribution >= 4 is 34.1 Å². The number of hydrogen-bond acceptors (Lipinski definition) is 3. The lowest BCUT2D eigenvalue weighted by Crippen LogP contribution is -2.43. The summed E-state index contributed by atoms with van der Waals surface area (Å²) in [5, 5.41) is 8.92. The number of aromatic nitrogens is 2. The maximum absolute atomic E-state index is 13.4. The Hall–Kier alpha value is -2.10. The second-order valence-corrected chi connectivity index (χ2v) is 8.40. The topological polar surface area (TPSA) is 41.1 Å². The monoisotopic (exact) mass is 447 g/mol. The SMILES string of the molecule is C#C.CN1CCC(COCc2cc(Cl)cc3c(Cl)[nH]nc23)(c2ccc(F)cc2)CC1. The van der Waals surface area contributed by atoms with Crippen molar-refractivity contribution in [2.24, 2.45) is 0 Å². The third-order valence-corrected chi connectivity index (χ3v) is 6.20. The Morgan fingerprint density at radius 1 is 1.17 bits per heavy atom. The molecule has 0 atom stereocenters. The molecule has 0 unspecified atom stereocenters. The number of terminal acetylenes is 1. The van der Waals surface area contributed by atoms with Gasteiger partial charge in [-0.3, -0.25) is 5.10 Å². The zero-order valence-electron chi connectivity index (χ0n) is 16.8. The lowest BCUT2D eigenvalue weighted by Gasteiger charge is -2.41. The second kappa shape index (κ2) is 9.80. The second-order valence-electron chi connectivity index (χ2n) is 7.58. The highest BCUT2D eigenvalue weighted by molar-refractivity contribution is 6.36. The van der Waals surface area contributed by atoms with Crippen LogP contribution in [0.3, 0.4) is 0 Å². The van der Waals surface area contributed by atoms with Crippen LogP contribution < -0.4 is 0 Å². The van der Waals surface area contributed by atoms with Gasteiger partial charge in [0.05, 0.1) is 18.7 Å². The van der Waals surface area contributed by atoms with Crippen LogP contribution in [0.4, 0.5) is 4.39 Å². The Morgan fingerprint density at radius 3 is 2.50 bits per heavy atom. The molecule has 1 fully saturated rings. The highest BCUT2D eigenvalue weighted by Gasteiger charge is 2.35. The number of nitrogens with zero attached hydrogens (tertiary/aromatic N) is 2. The number of benzene rings is 2. The van der Waals surface area contributed by atoms with Gasteiger partial charge >= 0.3 is 0 Å². The van der Waals surface area contributed by atoms with Crippen molar-refractivity contribution in [3.8, 4) is 12.8 Å². The molecule has 2 heterocycles. The highest BCUT2D eigenvalue weighted by Crippen LogP contribution is 2.36.